The number of hydrogen-bond acceptors (Lipinski definition) is 0. The zero-order valence-electron chi connectivity index (χ0n) is 8.08. The van der Waals surface area contributed by atoms with E-state index < -0.39 is 29.6 Å². The predicted octanol–water partition coefficient (Wildman–Crippen LogP) is 3.53. The van der Waals surface area contributed by atoms with E-state index in [1.165, 1.54) is 0 Å². The summed E-state index contributed by atoms with van der Waals surface area (Å²) in [6.45, 7) is 2.07. The Balaban J connectivity index is 3.31. The van der Waals surface area contributed by atoms with Crippen LogP contribution in [-0.2, 0) is 0 Å². The minimum Gasteiger partial charge on any atom is -0.236 e. The van der Waals surface area contributed by atoms with Crippen molar-refractivity contribution in [1.82, 2.24) is 0 Å². The van der Waals surface area contributed by atoms with Crippen molar-refractivity contribution in [3.63, 3.8) is 0 Å². The van der Waals surface area contributed by atoms with Gasteiger partial charge in [0.25, 0.3) is 0 Å². The molecule has 2 atom stereocenters. The second kappa shape index (κ2) is 3.15. The summed E-state index contributed by atoms with van der Waals surface area (Å²) >= 11 is 0. The highest BCUT2D eigenvalue weighted by Crippen LogP contribution is 2.53. The molecule has 0 heterocycles. The molecule has 0 N–H and O–H groups in total. The largest absolute Gasteiger partial charge is 0.350 e. The molecule has 1 rings (SSSR count). The van der Waals surface area contributed by atoms with Gasteiger partial charge < -0.3 is 0 Å². The van der Waals surface area contributed by atoms with Gasteiger partial charge in [0, 0.05) is 0 Å². The highest BCUT2D eigenvalue weighted by atomic mass is 19.3. The van der Waals surface area contributed by atoms with Crippen LogP contribution in [0, 0.1) is 5.92 Å². The molecule has 0 radical (unpaired) electrons. The third-order valence-electron chi connectivity index (χ3n) is 2.59. The van der Waals surface area contributed by atoms with Crippen LogP contribution in [0.15, 0.2) is 12.2 Å². The van der Waals surface area contributed by atoms with E-state index in [0.29, 0.717) is 0 Å². The van der Waals surface area contributed by atoms with E-state index in [4.69, 9.17) is 0 Å². The highest BCUT2D eigenvalue weighted by Gasteiger charge is 2.74. The van der Waals surface area contributed by atoms with Crippen LogP contribution in [0.5, 0.6) is 0 Å². The molecule has 0 aromatic rings. The number of hydrogen-bond donors (Lipinski definition) is 0. The van der Waals surface area contributed by atoms with Crippen LogP contribution in [0.3, 0.4) is 0 Å². The van der Waals surface area contributed by atoms with Gasteiger partial charge in [-0.2, -0.15) is 17.6 Å². The lowest BCUT2D eigenvalue weighted by Crippen LogP contribution is -2.63. The summed E-state index contributed by atoms with van der Waals surface area (Å²) < 4.78 is 78.1. The van der Waals surface area contributed by atoms with Crippen LogP contribution in [0.25, 0.3) is 0 Å². The number of allylic oxidation sites excluding steroid dienone is 2. The third-order valence-corrected chi connectivity index (χ3v) is 2.59. The van der Waals surface area contributed by atoms with E-state index in [9.17, 15) is 26.3 Å². The van der Waals surface area contributed by atoms with E-state index in [-0.39, 0.29) is 12.2 Å². The third kappa shape index (κ3) is 1.37. The van der Waals surface area contributed by atoms with E-state index in [1.807, 2.05) is 0 Å². The summed E-state index contributed by atoms with van der Waals surface area (Å²) in [4.78, 5) is 0. The second-order valence-electron chi connectivity index (χ2n) is 3.88. The SMILES string of the molecule is CC(C)C1(F)C=CC(F)C(F)(F)C1(F)F. The molecule has 0 amide bonds. The summed E-state index contributed by atoms with van der Waals surface area (Å²) in [6, 6.07) is 0. The summed E-state index contributed by atoms with van der Waals surface area (Å²) in [5.74, 6) is -11.4. The van der Waals surface area contributed by atoms with E-state index in [2.05, 4.69) is 0 Å². The summed E-state index contributed by atoms with van der Waals surface area (Å²) in [5.41, 5.74) is -3.51. The van der Waals surface area contributed by atoms with Crippen molar-refractivity contribution in [2.75, 3.05) is 0 Å². The Bertz CT molecular complexity index is 282. The number of halogens is 6. The minimum absolute atomic E-state index is 0.150. The van der Waals surface area contributed by atoms with Crippen LogP contribution in [0.4, 0.5) is 26.3 Å². The van der Waals surface area contributed by atoms with Crippen molar-refractivity contribution in [2.24, 2.45) is 5.92 Å². The minimum atomic E-state index is -5.04. The van der Waals surface area contributed by atoms with Gasteiger partial charge in [-0.05, 0) is 18.1 Å². The van der Waals surface area contributed by atoms with Gasteiger partial charge in [-0.15, -0.1) is 0 Å². The smallest absolute Gasteiger partial charge is 0.236 e. The van der Waals surface area contributed by atoms with Crippen molar-refractivity contribution >= 4 is 0 Å². The molecule has 15 heavy (non-hydrogen) atoms. The van der Waals surface area contributed by atoms with Gasteiger partial charge >= 0.3 is 11.8 Å². The molecule has 0 aromatic carbocycles. The first-order valence-electron chi connectivity index (χ1n) is 4.35. The van der Waals surface area contributed by atoms with Crippen LogP contribution in [-0.4, -0.2) is 23.7 Å². The molecule has 2 unspecified atom stereocenters. The molecule has 1 aliphatic rings. The molecule has 1 aliphatic carbocycles. The average molecular weight is 232 g/mol. The Hall–Kier alpha value is -0.680. The summed E-state index contributed by atoms with van der Waals surface area (Å²) in [5, 5.41) is 0. The standard InChI is InChI=1S/C9H10F6/c1-5(2)7(11)4-3-6(10)8(12,13)9(7,14)15/h3-6H,1-2H3. The Kier molecular flexibility index (Phi) is 2.60. The normalized spacial score (nSPS) is 38.3. The number of alkyl halides is 6. The first kappa shape index (κ1) is 12.4. The molecule has 0 saturated carbocycles. The summed E-state index contributed by atoms with van der Waals surface area (Å²) in [7, 11) is 0. The van der Waals surface area contributed by atoms with Crippen molar-refractivity contribution in [3.05, 3.63) is 12.2 Å². The Labute approximate surface area is 83.0 Å². The van der Waals surface area contributed by atoms with Gasteiger partial charge in [0.05, 0.1) is 0 Å². The van der Waals surface area contributed by atoms with Crippen molar-refractivity contribution < 1.29 is 26.3 Å². The Morgan fingerprint density at radius 3 is 1.93 bits per heavy atom. The van der Waals surface area contributed by atoms with Gasteiger partial charge in [0.15, 0.2) is 6.17 Å². The maximum atomic E-state index is 13.7. The lowest BCUT2D eigenvalue weighted by molar-refractivity contribution is -0.289. The topological polar surface area (TPSA) is 0 Å². The summed E-state index contributed by atoms with van der Waals surface area (Å²) in [6.07, 6.45) is -2.81. The van der Waals surface area contributed by atoms with Crippen LogP contribution in [0.2, 0.25) is 0 Å². The zero-order valence-corrected chi connectivity index (χ0v) is 8.08. The quantitative estimate of drug-likeness (QED) is 0.479. The molecular weight excluding hydrogens is 222 g/mol. The average Bonchev–Trinajstić information content (AvgIpc) is 2.10. The molecule has 6 heteroatoms. The zero-order chi connectivity index (χ0) is 12.1. The Morgan fingerprint density at radius 1 is 1.07 bits per heavy atom. The van der Waals surface area contributed by atoms with E-state index >= 15 is 0 Å². The van der Waals surface area contributed by atoms with Crippen molar-refractivity contribution in [2.45, 2.75) is 37.5 Å². The van der Waals surface area contributed by atoms with Gasteiger partial charge in [0.1, 0.15) is 0 Å². The molecule has 0 aromatic heterocycles. The second-order valence-corrected chi connectivity index (χ2v) is 3.88. The van der Waals surface area contributed by atoms with Gasteiger partial charge in [-0.25, -0.2) is 8.78 Å². The predicted molar refractivity (Wildman–Crippen MR) is 42.6 cm³/mol. The van der Waals surface area contributed by atoms with Crippen LogP contribution >= 0.6 is 0 Å². The van der Waals surface area contributed by atoms with Gasteiger partial charge in [0.2, 0.25) is 5.67 Å². The van der Waals surface area contributed by atoms with Crippen LogP contribution < -0.4 is 0 Å². The lowest BCUT2D eigenvalue weighted by atomic mass is 9.77. The monoisotopic (exact) mass is 232 g/mol. The fraction of sp³-hybridized carbons (Fsp3) is 0.778. The number of rotatable bonds is 1. The van der Waals surface area contributed by atoms with Gasteiger partial charge in [-0.1, -0.05) is 13.8 Å². The van der Waals surface area contributed by atoms with Crippen molar-refractivity contribution in [3.8, 4) is 0 Å². The maximum absolute atomic E-state index is 13.7. The van der Waals surface area contributed by atoms with Crippen molar-refractivity contribution in [1.29, 1.82) is 0 Å². The molecule has 0 aliphatic heterocycles. The molecule has 0 saturated heterocycles. The van der Waals surface area contributed by atoms with Crippen LogP contribution in [0.1, 0.15) is 13.8 Å². The molecular formula is C9H10F6. The first-order valence-corrected chi connectivity index (χ1v) is 4.35. The van der Waals surface area contributed by atoms with E-state index in [1.54, 1.807) is 0 Å². The molecule has 0 fully saturated rings. The van der Waals surface area contributed by atoms with Gasteiger partial charge in [-0.3, -0.25) is 0 Å². The van der Waals surface area contributed by atoms with E-state index in [0.717, 1.165) is 13.8 Å². The highest BCUT2D eigenvalue weighted by molar-refractivity contribution is 5.24. The fourth-order valence-electron chi connectivity index (χ4n) is 1.43. The maximum Gasteiger partial charge on any atom is 0.350 e. The Morgan fingerprint density at radius 2 is 1.53 bits per heavy atom. The molecule has 0 nitrogen and oxygen atoms in total. The lowest BCUT2D eigenvalue weighted by Gasteiger charge is -2.42. The fourth-order valence-corrected chi connectivity index (χ4v) is 1.43. The molecule has 88 valence electrons. The molecule has 0 spiro atoms. The first-order chi connectivity index (χ1) is 6.57. The molecule has 0 bridgehead atoms.